The maximum Gasteiger partial charge on any atom is 0.573 e. The minimum absolute atomic E-state index is 0.0549. The SMILES string of the molecule is Cc1cc(C(=O)O)ccc1S(=O)(=O)N(Cc1ccc(OC(F)(F)F)cc1)c1ncc2ccccc2c1C1CC1. The number of pyridine rings is 1. The van der Waals surface area contributed by atoms with Crippen LogP contribution in [0.2, 0.25) is 0 Å². The van der Waals surface area contributed by atoms with E-state index in [1.807, 2.05) is 24.3 Å². The first-order chi connectivity index (χ1) is 18.4. The number of sulfonamides is 1. The van der Waals surface area contributed by atoms with Crippen molar-refractivity contribution in [1.82, 2.24) is 4.98 Å². The van der Waals surface area contributed by atoms with Gasteiger partial charge in [-0.2, -0.15) is 0 Å². The summed E-state index contributed by atoms with van der Waals surface area (Å²) in [5.74, 6) is -1.28. The number of aryl methyl sites for hydroxylation is 1. The van der Waals surface area contributed by atoms with E-state index in [1.54, 1.807) is 6.20 Å². The Hall–Kier alpha value is -4.12. The maximum absolute atomic E-state index is 14.2. The highest BCUT2D eigenvalue weighted by Gasteiger charge is 2.36. The Bertz CT molecular complexity index is 1670. The zero-order valence-electron chi connectivity index (χ0n) is 20.6. The fourth-order valence-electron chi connectivity index (χ4n) is 4.58. The Balaban J connectivity index is 1.64. The summed E-state index contributed by atoms with van der Waals surface area (Å²) in [4.78, 5) is 15.9. The molecule has 11 heteroatoms. The lowest BCUT2D eigenvalue weighted by Gasteiger charge is -2.27. The van der Waals surface area contributed by atoms with Gasteiger partial charge in [-0.25, -0.2) is 22.5 Å². The fraction of sp³-hybridized carbons (Fsp3) is 0.214. The summed E-state index contributed by atoms with van der Waals surface area (Å²) < 4.78 is 71.4. The Morgan fingerprint density at radius 2 is 1.77 bits per heavy atom. The fourth-order valence-corrected chi connectivity index (χ4v) is 6.21. The van der Waals surface area contributed by atoms with Crippen LogP contribution in [-0.2, 0) is 16.6 Å². The topological polar surface area (TPSA) is 96.8 Å². The Kier molecular flexibility index (Phi) is 6.71. The molecule has 39 heavy (non-hydrogen) atoms. The monoisotopic (exact) mass is 556 g/mol. The maximum atomic E-state index is 14.2. The molecule has 3 aromatic carbocycles. The number of carboxylic acid groups (broad SMARTS) is 1. The second-order valence-corrected chi connectivity index (χ2v) is 11.2. The number of benzene rings is 3. The third-order valence-electron chi connectivity index (χ3n) is 6.51. The van der Waals surface area contributed by atoms with Crippen LogP contribution in [0.15, 0.2) is 77.8 Å². The van der Waals surface area contributed by atoms with Gasteiger partial charge in [-0.1, -0.05) is 36.4 Å². The smallest absolute Gasteiger partial charge is 0.478 e. The molecule has 1 aliphatic rings. The third-order valence-corrected chi connectivity index (χ3v) is 8.41. The third kappa shape index (κ3) is 5.53. The molecule has 0 atom stereocenters. The van der Waals surface area contributed by atoms with E-state index < -0.39 is 28.1 Å². The molecule has 1 N–H and O–H groups in total. The van der Waals surface area contributed by atoms with Crippen molar-refractivity contribution in [2.45, 2.75) is 43.5 Å². The molecule has 0 aliphatic heterocycles. The average Bonchev–Trinajstić information content (AvgIpc) is 3.71. The number of aromatic nitrogens is 1. The zero-order chi connectivity index (χ0) is 27.9. The van der Waals surface area contributed by atoms with E-state index in [4.69, 9.17) is 0 Å². The molecule has 202 valence electrons. The highest BCUT2D eigenvalue weighted by atomic mass is 32.2. The molecule has 0 radical (unpaired) electrons. The van der Waals surface area contributed by atoms with Gasteiger partial charge in [-0.15, -0.1) is 13.2 Å². The Labute approximate surface area is 222 Å². The van der Waals surface area contributed by atoms with Crippen molar-refractivity contribution in [3.8, 4) is 5.75 Å². The molecule has 1 aliphatic carbocycles. The van der Waals surface area contributed by atoms with Gasteiger partial charge in [0.05, 0.1) is 17.0 Å². The first-order valence-electron chi connectivity index (χ1n) is 12.0. The summed E-state index contributed by atoms with van der Waals surface area (Å²) in [6.45, 7) is 1.29. The highest BCUT2D eigenvalue weighted by Crippen LogP contribution is 2.48. The van der Waals surface area contributed by atoms with E-state index in [-0.39, 0.29) is 34.3 Å². The summed E-state index contributed by atoms with van der Waals surface area (Å²) >= 11 is 0. The molecule has 1 heterocycles. The molecule has 7 nitrogen and oxygen atoms in total. The molecule has 0 unspecified atom stereocenters. The van der Waals surface area contributed by atoms with Crippen molar-refractivity contribution in [2.75, 3.05) is 4.31 Å². The van der Waals surface area contributed by atoms with Gasteiger partial charge in [-0.3, -0.25) is 0 Å². The zero-order valence-corrected chi connectivity index (χ0v) is 21.5. The van der Waals surface area contributed by atoms with Crippen LogP contribution in [-0.4, -0.2) is 30.8 Å². The number of hydrogen-bond donors (Lipinski definition) is 1. The summed E-state index contributed by atoms with van der Waals surface area (Å²) in [5, 5.41) is 11.1. The van der Waals surface area contributed by atoms with Gasteiger partial charge in [-0.05, 0) is 72.5 Å². The highest BCUT2D eigenvalue weighted by molar-refractivity contribution is 7.92. The minimum atomic E-state index is -4.86. The van der Waals surface area contributed by atoms with Gasteiger partial charge in [0.15, 0.2) is 0 Å². The predicted octanol–water partition coefficient (Wildman–Crippen LogP) is 6.41. The Morgan fingerprint density at radius 3 is 2.38 bits per heavy atom. The van der Waals surface area contributed by atoms with E-state index in [9.17, 15) is 31.5 Å². The summed E-state index contributed by atoms with van der Waals surface area (Å²) in [6, 6.07) is 16.3. The number of hydrogen-bond acceptors (Lipinski definition) is 5. The molecular weight excluding hydrogens is 533 g/mol. The predicted molar refractivity (Wildman–Crippen MR) is 138 cm³/mol. The van der Waals surface area contributed by atoms with Crippen LogP contribution < -0.4 is 9.04 Å². The van der Waals surface area contributed by atoms with Crippen molar-refractivity contribution >= 4 is 32.6 Å². The van der Waals surface area contributed by atoms with Crippen LogP contribution >= 0.6 is 0 Å². The first kappa shape index (κ1) is 26.5. The van der Waals surface area contributed by atoms with E-state index in [0.717, 1.165) is 45.6 Å². The van der Waals surface area contributed by atoms with Crippen molar-refractivity contribution in [1.29, 1.82) is 0 Å². The normalized spacial score (nSPS) is 13.8. The van der Waals surface area contributed by atoms with E-state index in [1.165, 1.54) is 37.3 Å². The molecule has 5 rings (SSSR count). The van der Waals surface area contributed by atoms with Crippen molar-refractivity contribution in [2.24, 2.45) is 0 Å². The van der Waals surface area contributed by atoms with Crippen LogP contribution in [0.3, 0.4) is 0 Å². The number of carbonyl (C=O) groups is 1. The number of carboxylic acids is 1. The van der Waals surface area contributed by atoms with Crippen LogP contribution in [0.25, 0.3) is 10.8 Å². The first-order valence-corrected chi connectivity index (χ1v) is 13.5. The lowest BCUT2D eigenvalue weighted by atomic mass is 10.0. The number of aromatic carboxylic acids is 1. The minimum Gasteiger partial charge on any atom is -0.478 e. The number of nitrogens with zero attached hydrogens (tertiary/aromatic N) is 2. The largest absolute Gasteiger partial charge is 0.573 e. The van der Waals surface area contributed by atoms with Gasteiger partial charge < -0.3 is 9.84 Å². The molecule has 0 amide bonds. The second-order valence-electron chi connectivity index (χ2n) is 9.35. The van der Waals surface area contributed by atoms with E-state index >= 15 is 0 Å². The molecule has 0 saturated heterocycles. The number of halogens is 3. The molecule has 0 bridgehead atoms. The average molecular weight is 557 g/mol. The summed E-state index contributed by atoms with van der Waals surface area (Å²) in [7, 11) is -4.29. The van der Waals surface area contributed by atoms with Crippen LogP contribution in [0.5, 0.6) is 5.75 Å². The number of fused-ring (bicyclic) bond motifs is 1. The second kappa shape index (κ2) is 9.88. The summed E-state index contributed by atoms with van der Waals surface area (Å²) in [5.41, 5.74) is 1.38. The van der Waals surface area contributed by atoms with Crippen LogP contribution in [0, 0.1) is 6.92 Å². The number of alkyl halides is 3. The molecule has 1 aromatic heterocycles. The van der Waals surface area contributed by atoms with E-state index in [2.05, 4.69) is 9.72 Å². The quantitative estimate of drug-likeness (QED) is 0.269. The van der Waals surface area contributed by atoms with Crippen molar-refractivity contribution in [3.63, 3.8) is 0 Å². The van der Waals surface area contributed by atoms with Gasteiger partial charge in [0, 0.05) is 17.1 Å². The van der Waals surface area contributed by atoms with Gasteiger partial charge in [0.2, 0.25) is 0 Å². The van der Waals surface area contributed by atoms with Gasteiger partial charge in [0.1, 0.15) is 11.6 Å². The number of anilines is 1. The van der Waals surface area contributed by atoms with Crippen LogP contribution in [0.1, 0.15) is 45.8 Å². The molecule has 0 spiro atoms. The van der Waals surface area contributed by atoms with E-state index in [0.29, 0.717) is 5.56 Å². The van der Waals surface area contributed by atoms with Crippen molar-refractivity contribution < 1.29 is 36.2 Å². The molecular formula is C28H23F3N2O5S. The molecule has 4 aromatic rings. The molecule has 1 saturated carbocycles. The Morgan fingerprint density at radius 1 is 1.08 bits per heavy atom. The standard InChI is InChI=1S/C28H23F3N2O5S/c1-17-14-20(27(34)35)10-13-24(17)39(36,37)33(16-18-6-11-22(12-7-18)38-28(29,30)31)26-25(19-8-9-19)23-5-3-2-4-21(23)15-32-26/h2-7,10-15,19H,8-9,16H2,1H3,(H,34,35). The molecule has 1 fully saturated rings. The number of ether oxygens (including phenoxy) is 1. The summed E-state index contributed by atoms with van der Waals surface area (Å²) in [6.07, 6.45) is -1.52. The number of rotatable bonds is 8. The van der Waals surface area contributed by atoms with Crippen LogP contribution in [0.4, 0.5) is 19.0 Å². The lowest BCUT2D eigenvalue weighted by Crippen LogP contribution is -2.33. The van der Waals surface area contributed by atoms with Gasteiger partial charge in [0.25, 0.3) is 10.0 Å². The van der Waals surface area contributed by atoms with Gasteiger partial charge >= 0.3 is 12.3 Å². The lowest BCUT2D eigenvalue weighted by molar-refractivity contribution is -0.274. The van der Waals surface area contributed by atoms with Crippen molar-refractivity contribution in [3.05, 3.63) is 95.2 Å².